The molecule has 1 aliphatic heterocycles. The second kappa shape index (κ2) is 19.5. The van der Waals surface area contributed by atoms with Crippen LogP contribution in [0.4, 0.5) is 4.79 Å². The minimum absolute atomic E-state index is 0.123. The van der Waals surface area contributed by atoms with Crippen molar-refractivity contribution < 1.29 is 33.0 Å². The molecular weight excluding hydrogens is 811 g/mol. The average Bonchev–Trinajstić information content (AvgIpc) is 3.56. The number of allylic oxidation sites excluding steroid dienone is 2. The van der Waals surface area contributed by atoms with E-state index < -0.39 is 54.0 Å². The van der Waals surface area contributed by atoms with E-state index in [4.69, 9.17) is 58.4 Å². The highest BCUT2D eigenvalue weighted by Crippen LogP contribution is 2.40. The van der Waals surface area contributed by atoms with Gasteiger partial charge in [-0.2, -0.15) is 0 Å². The summed E-state index contributed by atoms with van der Waals surface area (Å²) < 4.78 is 22.6. The first-order chi connectivity index (χ1) is 26.2. The van der Waals surface area contributed by atoms with Gasteiger partial charge < -0.3 is 24.0 Å². The van der Waals surface area contributed by atoms with Crippen LogP contribution in [0.25, 0.3) is 0 Å². The number of benzene rings is 2. The molecule has 0 saturated heterocycles. The minimum Gasteiger partial charge on any atom is -0.462 e. The molecule has 9 nitrogen and oxygen atoms in total. The molecule has 0 aliphatic carbocycles. The summed E-state index contributed by atoms with van der Waals surface area (Å²) in [6.07, 6.45) is 3.78. The van der Waals surface area contributed by atoms with Crippen LogP contribution in [-0.4, -0.2) is 65.6 Å². The zero-order valence-electron chi connectivity index (χ0n) is 33.3. The van der Waals surface area contributed by atoms with Crippen molar-refractivity contribution >= 4 is 82.9 Å². The van der Waals surface area contributed by atoms with Crippen LogP contribution >= 0.6 is 46.1 Å². The minimum atomic E-state index is -2.95. The van der Waals surface area contributed by atoms with Gasteiger partial charge in [-0.25, -0.2) is 14.6 Å². The molecule has 4 atom stereocenters. The molecule has 0 fully saturated rings. The van der Waals surface area contributed by atoms with Crippen LogP contribution in [0.1, 0.15) is 91.3 Å². The van der Waals surface area contributed by atoms with Gasteiger partial charge in [0.25, 0.3) is 8.32 Å². The lowest BCUT2D eigenvalue weighted by atomic mass is 9.97. The molecule has 0 saturated carbocycles. The van der Waals surface area contributed by atoms with E-state index in [1.165, 1.54) is 31.3 Å². The van der Waals surface area contributed by atoms with E-state index in [9.17, 15) is 14.4 Å². The SMILES string of the molecule is C/C1=C\C=C/C(=O)O[C@@H](CO[Si](c2ccccc2)(c2ccccc2)C(C)(C)C)Cc2nc(cs2)[C@@H](C)C[C@@H](NC(=O)OC(C)(C)C(Cl)(Cl)Cl)CC(=O)O[C@@H](C)C1. The Hall–Kier alpha value is -3.19. The maximum Gasteiger partial charge on any atom is 0.408 e. The first kappa shape index (κ1) is 45.5. The van der Waals surface area contributed by atoms with Gasteiger partial charge in [0.15, 0.2) is 5.60 Å². The highest BCUT2D eigenvalue weighted by atomic mass is 35.6. The molecule has 0 radical (unpaired) electrons. The zero-order valence-corrected chi connectivity index (χ0v) is 37.4. The average molecular weight is 864 g/mol. The number of fused-ring (bicyclic) bond motifs is 2. The number of nitrogens with one attached hydrogen (secondary N) is 1. The Labute approximate surface area is 351 Å². The van der Waals surface area contributed by atoms with E-state index in [-0.39, 0.29) is 24.0 Å². The molecule has 14 heteroatoms. The number of carbonyl (C=O) groups excluding carboxylic acids is 3. The maximum atomic E-state index is 13.4. The maximum absolute atomic E-state index is 13.4. The van der Waals surface area contributed by atoms with Crippen molar-refractivity contribution in [3.05, 3.63) is 101 Å². The van der Waals surface area contributed by atoms with Gasteiger partial charge in [-0.3, -0.25) is 4.79 Å². The van der Waals surface area contributed by atoms with Gasteiger partial charge in [-0.1, -0.05) is 141 Å². The Bertz CT molecular complexity index is 1800. The van der Waals surface area contributed by atoms with E-state index in [1.54, 1.807) is 19.1 Å². The third-order valence-electron chi connectivity index (χ3n) is 9.62. The van der Waals surface area contributed by atoms with Crippen molar-refractivity contribution in [2.24, 2.45) is 0 Å². The van der Waals surface area contributed by atoms with Crippen molar-refractivity contribution in [3.63, 3.8) is 0 Å². The summed E-state index contributed by atoms with van der Waals surface area (Å²) in [5, 5.41) is 7.43. The molecular formula is C42H53Cl3N2O7SSi. The molecule has 0 spiro atoms. The summed E-state index contributed by atoms with van der Waals surface area (Å²) in [6.45, 7) is 15.3. The van der Waals surface area contributed by atoms with Crippen molar-refractivity contribution in [1.29, 1.82) is 0 Å². The predicted octanol–water partition coefficient (Wildman–Crippen LogP) is 9.14. The number of alkyl carbamates (subject to hydrolysis) is 1. The molecule has 1 aliphatic rings. The number of thiazole rings is 1. The second-order valence-corrected chi connectivity index (χ2v) is 23.4. The standard InChI is InChI=1S/C42H53Cl3N2O7SSi/c1-28-16-15-21-37(48)53-32(26-51-56(40(4,5)6,33-17-11-9-12-18-33)34-19-13-10-14-20-34)25-36-47-35(27-55-36)29(2)23-31(24-38(49)52-30(3)22-28)46-39(50)54-41(7,8)42(43,44)45/h9-21,27,29-32H,22-26H2,1-8H3,(H,46,50)/b21-15-,28-16+/t29-,30-,31+,32+/m0/s1. The number of amides is 1. The number of aromatic nitrogens is 1. The molecule has 0 unspecified atom stereocenters. The Balaban J connectivity index is 1.67. The van der Waals surface area contributed by atoms with Gasteiger partial charge in [0, 0.05) is 36.3 Å². The van der Waals surface area contributed by atoms with E-state index in [1.807, 2.05) is 55.6 Å². The van der Waals surface area contributed by atoms with Gasteiger partial charge >= 0.3 is 18.0 Å². The van der Waals surface area contributed by atoms with Crippen LogP contribution in [-0.2, 0) is 34.6 Å². The number of cyclic esters (lactones) is 2. The first-order valence-corrected chi connectivity index (χ1v) is 22.6. The van der Waals surface area contributed by atoms with Crippen LogP contribution in [0.15, 0.2) is 89.8 Å². The summed E-state index contributed by atoms with van der Waals surface area (Å²) in [5.41, 5.74) is 0.179. The van der Waals surface area contributed by atoms with Gasteiger partial charge in [0.2, 0.25) is 3.79 Å². The molecule has 3 aromatic rings. The Morgan fingerprint density at radius 1 is 0.929 bits per heavy atom. The number of halogens is 3. The highest BCUT2D eigenvalue weighted by molar-refractivity contribution is 7.09. The van der Waals surface area contributed by atoms with E-state index in [2.05, 4.69) is 50.4 Å². The molecule has 2 aromatic carbocycles. The monoisotopic (exact) mass is 862 g/mol. The summed E-state index contributed by atoms with van der Waals surface area (Å²) in [7, 11) is -2.95. The van der Waals surface area contributed by atoms with Crippen molar-refractivity contribution in [3.8, 4) is 0 Å². The van der Waals surface area contributed by atoms with Gasteiger partial charge in [-0.05, 0) is 49.5 Å². The molecule has 1 N–H and O–H groups in total. The molecule has 1 aromatic heterocycles. The molecule has 1 amide bonds. The fraction of sp³-hybridized carbons (Fsp3) is 0.476. The van der Waals surface area contributed by atoms with Gasteiger partial charge in [0.1, 0.15) is 12.2 Å². The summed E-state index contributed by atoms with van der Waals surface area (Å²) >= 11 is 19.6. The van der Waals surface area contributed by atoms with Crippen molar-refractivity contribution in [2.75, 3.05) is 6.61 Å². The molecule has 304 valence electrons. The first-order valence-electron chi connectivity index (χ1n) is 18.7. The fourth-order valence-corrected chi connectivity index (χ4v) is 12.4. The quantitative estimate of drug-likeness (QED) is 0.108. The molecule has 2 bridgehead atoms. The molecule has 2 heterocycles. The topological polar surface area (TPSA) is 113 Å². The number of nitrogens with zero attached hydrogens (tertiary/aromatic N) is 1. The normalized spacial score (nSPS) is 22.6. The Morgan fingerprint density at radius 2 is 1.54 bits per heavy atom. The number of hydrogen-bond acceptors (Lipinski definition) is 9. The summed E-state index contributed by atoms with van der Waals surface area (Å²) in [4.78, 5) is 44.5. The van der Waals surface area contributed by atoms with E-state index in [0.29, 0.717) is 19.3 Å². The largest absolute Gasteiger partial charge is 0.462 e. The van der Waals surface area contributed by atoms with Gasteiger partial charge in [0.05, 0.1) is 23.7 Å². The Kier molecular flexibility index (Phi) is 15.8. The smallest absolute Gasteiger partial charge is 0.408 e. The highest BCUT2D eigenvalue weighted by Gasteiger charge is 2.50. The predicted molar refractivity (Wildman–Crippen MR) is 228 cm³/mol. The lowest BCUT2D eigenvalue weighted by Crippen LogP contribution is -2.67. The van der Waals surface area contributed by atoms with E-state index in [0.717, 1.165) is 26.6 Å². The molecule has 56 heavy (non-hydrogen) atoms. The van der Waals surface area contributed by atoms with Crippen molar-refractivity contribution in [1.82, 2.24) is 10.3 Å². The van der Waals surface area contributed by atoms with Crippen LogP contribution < -0.4 is 15.7 Å². The van der Waals surface area contributed by atoms with Gasteiger partial charge in [-0.15, -0.1) is 11.3 Å². The zero-order chi connectivity index (χ0) is 41.3. The number of rotatable bonds is 7. The number of hydrogen-bond donors (Lipinski definition) is 1. The van der Waals surface area contributed by atoms with Crippen molar-refractivity contribution in [2.45, 2.75) is 120 Å². The van der Waals surface area contributed by atoms with Crippen LogP contribution in [0.5, 0.6) is 0 Å². The van der Waals surface area contributed by atoms with Crippen LogP contribution in [0.3, 0.4) is 0 Å². The third kappa shape index (κ3) is 12.4. The second-order valence-electron chi connectivity index (χ2n) is 15.9. The number of alkyl halides is 3. The van der Waals surface area contributed by atoms with Crippen LogP contribution in [0.2, 0.25) is 5.04 Å². The summed E-state index contributed by atoms with van der Waals surface area (Å²) in [5.74, 6) is -1.21. The van der Waals surface area contributed by atoms with Crippen LogP contribution in [0, 0.1) is 0 Å². The number of esters is 2. The lowest BCUT2D eigenvalue weighted by molar-refractivity contribution is -0.149. The lowest BCUT2D eigenvalue weighted by Gasteiger charge is -2.43. The Morgan fingerprint density at radius 3 is 2.11 bits per heavy atom. The van der Waals surface area contributed by atoms with E-state index >= 15 is 0 Å². The summed E-state index contributed by atoms with van der Waals surface area (Å²) in [6, 6.07) is 19.9. The number of ether oxygens (including phenoxy) is 3. The fourth-order valence-electron chi connectivity index (χ4n) is 6.71. The molecule has 4 rings (SSSR count). The number of carbonyl (C=O) groups is 3. The third-order valence-corrected chi connectivity index (χ3v) is 16.9.